The highest BCUT2D eigenvalue weighted by Crippen LogP contribution is 2.36. The fraction of sp³-hybridized carbons (Fsp3) is 0.500. The van der Waals surface area contributed by atoms with E-state index in [1.165, 1.54) is 12.8 Å². The van der Waals surface area contributed by atoms with E-state index in [1.54, 1.807) is 12.1 Å². The van der Waals surface area contributed by atoms with Crippen LogP contribution in [0.3, 0.4) is 0 Å². The van der Waals surface area contributed by atoms with Crippen LogP contribution >= 0.6 is 0 Å². The SMILES string of the molecule is CCC(Oc1ccc(O)cc1)C1CC1. The van der Waals surface area contributed by atoms with Gasteiger partial charge in [-0.3, -0.25) is 0 Å². The molecule has 0 spiro atoms. The van der Waals surface area contributed by atoms with Crippen molar-refractivity contribution in [3.63, 3.8) is 0 Å². The van der Waals surface area contributed by atoms with E-state index in [1.807, 2.05) is 12.1 Å². The Morgan fingerprint density at radius 1 is 1.36 bits per heavy atom. The van der Waals surface area contributed by atoms with Crippen molar-refractivity contribution in [3.05, 3.63) is 24.3 Å². The van der Waals surface area contributed by atoms with Crippen molar-refractivity contribution in [2.75, 3.05) is 0 Å². The molecular formula is C12H16O2. The van der Waals surface area contributed by atoms with Crippen LogP contribution in [0.5, 0.6) is 11.5 Å². The summed E-state index contributed by atoms with van der Waals surface area (Å²) >= 11 is 0. The molecule has 1 aromatic rings. The number of hydrogen-bond donors (Lipinski definition) is 1. The molecule has 76 valence electrons. The summed E-state index contributed by atoms with van der Waals surface area (Å²) in [5, 5.41) is 9.11. The summed E-state index contributed by atoms with van der Waals surface area (Å²) in [6.07, 6.45) is 4.03. The van der Waals surface area contributed by atoms with Gasteiger partial charge in [0.25, 0.3) is 0 Å². The number of hydrogen-bond acceptors (Lipinski definition) is 2. The molecule has 14 heavy (non-hydrogen) atoms. The maximum absolute atomic E-state index is 9.11. The number of phenols is 1. The van der Waals surface area contributed by atoms with Crippen LogP contribution < -0.4 is 4.74 Å². The van der Waals surface area contributed by atoms with Gasteiger partial charge in [0.2, 0.25) is 0 Å². The molecule has 0 saturated heterocycles. The van der Waals surface area contributed by atoms with Crippen LogP contribution in [-0.2, 0) is 0 Å². The Balaban J connectivity index is 1.98. The molecule has 0 radical (unpaired) electrons. The number of ether oxygens (including phenoxy) is 1. The molecule has 0 aromatic heterocycles. The summed E-state index contributed by atoms with van der Waals surface area (Å²) in [5.74, 6) is 1.91. The molecule has 0 heterocycles. The summed E-state index contributed by atoms with van der Waals surface area (Å²) in [7, 11) is 0. The van der Waals surface area contributed by atoms with E-state index in [0.717, 1.165) is 18.1 Å². The Morgan fingerprint density at radius 3 is 2.50 bits per heavy atom. The van der Waals surface area contributed by atoms with E-state index >= 15 is 0 Å². The standard InChI is InChI=1S/C12H16O2/c1-2-12(9-3-4-9)14-11-7-5-10(13)6-8-11/h5-9,12-13H,2-4H2,1H3. The van der Waals surface area contributed by atoms with Crippen LogP contribution in [0.2, 0.25) is 0 Å². The zero-order valence-electron chi connectivity index (χ0n) is 8.44. The third kappa shape index (κ3) is 2.19. The van der Waals surface area contributed by atoms with Gasteiger partial charge in [0.1, 0.15) is 17.6 Å². The fourth-order valence-electron chi connectivity index (χ4n) is 1.68. The predicted octanol–water partition coefficient (Wildman–Crippen LogP) is 2.96. The summed E-state index contributed by atoms with van der Waals surface area (Å²) in [6.45, 7) is 2.16. The van der Waals surface area contributed by atoms with E-state index in [9.17, 15) is 0 Å². The third-order valence-corrected chi connectivity index (χ3v) is 2.67. The average molecular weight is 192 g/mol. The van der Waals surface area contributed by atoms with Crippen molar-refractivity contribution in [1.29, 1.82) is 0 Å². The molecule has 1 atom stereocenters. The first-order valence-corrected chi connectivity index (χ1v) is 5.25. The minimum absolute atomic E-state index is 0.289. The summed E-state index contributed by atoms with van der Waals surface area (Å²) in [4.78, 5) is 0. The van der Waals surface area contributed by atoms with Gasteiger partial charge in [-0.05, 0) is 49.4 Å². The van der Waals surface area contributed by atoms with E-state index < -0.39 is 0 Å². The Hall–Kier alpha value is -1.18. The number of aromatic hydroxyl groups is 1. The van der Waals surface area contributed by atoms with E-state index in [0.29, 0.717) is 6.10 Å². The van der Waals surface area contributed by atoms with Gasteiger partial charge in [-0.1, -0.05) is 6.92 Å². The Labute approximate surface area is 84.5 Å². The van der Waals surface area contributed by atoms with Crippen molar-refractivity contribution < 1.29 is 9.84 Å². The van der Waals surface area contributed by atoms with E-state index in [-0.39, 0.29) is 5.75 Å². The van der Waals surface area contributed by atoms with Crippen LogP contribution in [-0.4, -0.2) is 11.2 Å². The van der Waals surface area contributed by atoms with Gasteiger partial charge >= 0.3 is 0 Å². The lowest BCUT2D eigenvalue weighted by atomic mass is 10.2. The molecule has 1 aliphatic rings. The largest absolute Gasteiger partial charge is 0.508 e. The van der Waals surface area contributed by atoms with Gasteiger partial charge in [0, 0.05) is 0 Å². The molecule has 1 N–H and O–H groups in total. The smallest absolute Gasteiger partial charge is 0.120 e. The third-order valence-electron chi connectivity index (χ3n) is 2.67. The first-order chi connectivity index (χ1) is 6.79. The quantitative estimate of drug-likeness (QED) is 0.794. The molecule has 1 saturated carbocycles. The summed E-state index contributed by atoms with van der Waals surface area (Å²) in [5.41, 5.74) is 0. The lowest BCUT2D eigenvalue weighted by Crippen LogP contribution is -2.17. The maximum atomic E-state index is 9.11. The summed E-state index contributed by atoms with van der Waals surface area (Å²) < 4.78 is 5.83. The maximum Gasteiger partial charge on any atom is 0.120 e. The normalized spacial score (nSPS) is 17.8. The predicted molar refractivity (Wildman–Crippen MR) is 55.5 cm³/mol. The van der Waals surface area contributed by atoms with Crippen molar-refractivity contribution >= 4 is 0 Å². The molecule has 1 unspecified atom stereocenters. The Bertz CT molecular complexity index is 288. The first kappa shape index (κ1) is 9.38. The van der Waals surface area contributed by atoms with Gasteiger partial charge in [-0.15, -0.1) is 0 Å². The number of rotatable bonds is 4. The molecule has 2 heteroatoms. The second kappa shape index (κ2) is 3.91. The van der Waals surface area contributed by atoms with Crippen molar-refractivity contribution in [2.45, 2.75) is 32.3 Å². The highest BCUT2D eigenvalue weighted by molar-refractivity contribution is 5.30. The molecule has 2 rings (SSSR count). The monoisotopic (exact) mass is 192 g/mol. The van der Waals surface area contributed by atoms with Gasteiger partial charge in [-0.25, -0.2) is 0 Å². The minimum atomic E-state index is 0.289. The molecule has 0 amide bonds. The average Bonchev–Trinajstić information content (AvgIpc) is 3.01. The molecule has 0 aliphatic heterocycles. The molecular weight excluding hydrogens is 176 g/mol. The van der Waals surface area contributed by atoms with Crippen molar-refractivity contribution in [1.82, 2.24) is 0 Å². The van der Waals surface area contributed by atoms with Crippen molar-refractivity contribution in [3.8, 4) is 11.5 Å². The lowest BCUT2D eigenvalue weighted by molar-refractivity contribution is 0.173. The Morgan fingerprint density at radius 2 is 2.00 bits per heavy atom. The number of benzene rings is 1. The van der Waals surface area contributed by atoms with E-state index in [4.69, 9.17) is 9.84 Å². The molecule has 2 nitrogen and oxygen atoms in total. The zero-order valence-corrected chi connectivity index (χ0v) is 8.44. The summed E-state index contributed by atoms with van der Waals surface area (Å²) in [6, 6.07) is 6.96. The van der Waals surface area contributed by atoms with Crippen LogP contribution in [0.15, 0.2) is 24.3 Å². The van der Waals surface area contributed by atoms with Crippen LogP contribution in [0, 0.1) is 5.92 Å². The van der Waals surface area contributed by atoms with Gasteiger partial charge < -0.3 is 9.84 Å². The minimum Gasteiger partial charge on any atom is -0.508 e. The highest BCUT2D eigenvalue weighted by atomic mass is 16.5. The van der Waals surface area contributed by atoms with Gasteiger partial charge in [-0.2, -0.15) is 0 Å². The van der Waals surface area contributed by atoms with Gasteiger partial charge in [0.15, 0.2) is 0 Å². The van der Waals surface area contributed by atoms with Crippen LogP contribution in [0.1, 0.15) is 26.2 Å². The van der Waals surface area contributed by atoms with Gasteiger partial charge in [0.05, 0.1) is 0 Å². The Kier molecular flexibility index (Phi) is 2.62. The lowest BCUT2D eigenvalue weighted by Gasteiger charge is -2.16. The molecule has 1 aliphatic carbocycles. The number of phenolic OH excluding ortho intramolecular Hbond substituents is 1. The topological polar surface area (TPSA) is 29.5 Å². The molecule has 1 fully saturated rings. The van der Waals surface area contributed by atoms with Crippen LogP contribution in [0.4, 0.5) is 0 Å². The highest BCUT2D eigenvalue weighted by Gasteiger charge is 2.31. The molecule has 1 aromatic carbocycles. The van der Waals surface area contributed by atoms with E-state index in [2.05, 4.69) is 6.92 Å². The fourth-order valence-corrected chi connectivity index (χ4v) is 1.68. The zero-order chi connectivity index (χ0) is 9.97. The van der Waals surface area contributed by atoms with Crippen LogP contribution in [0.25, 0.3) is 0 Å². The second-order valence-corrected chi connectivity index (χ2v) is 3.90. The second-order valence-electron chi connectivity index (χ2n) is 3.90. The molecule has 0 bridgehead atoms. The van der Waals surface area contributed by atoms with Crippen molar-refractivity contribution in [2.24, 2.45) is 5.92 Å². The first-order valence-electron chi connectivity index (χ1n) is 5.25.